The lowest BCUT2D eigenvalue weighted by atomic mass is 10.0. The second kappa shape index (κ2) is 38.2. The van der Waals surface area contributed by atoms with Crippen LogP contribution in [0, 0.1) is 0 Å². The Morgan fingerprint density at radius 2 is 0.894 bits per heavy atom. The molecule has 1 atom stereocenters. The van der Waals surface area contributed by atoms with Crippen molar-refractivity contribution in [2.75, 3.05) is 26.2 Å². The number of hydrogen-bond donors (Lipinski definition) is 2. The van der Waals surface area contributed by atoms with Crippen molar-refractivity contribution in [3.8, 4) is 0 Å². The third-order valence-corrected chi connectivity index (χ3v) is 9.90. The summed E-state index contributed by atoms with van der Waals surface area (Å²) in [5, 5.41) is 20.0. The maximum absolute atomic E-state index is 12.7. The van der Waals surface area contributed by atoms with E-state index in [0.29, 0.717) is 6.42 Å². The summed E-state index contributed by atoms with van der Waals surface area (Å²) in [5.41, 5.74) is 0. The monoisotopic (exact) mass is 668 g/mol. The molecule has 0 fully saturated rings. The summed E-state index contributed by atoms with van der Waals surface area (Å²) >= 11 is 0. The molecule has 2 N–H and O–H groups in total. The number of rotatable bonds is 39. The van der Waals surface area contributed by atoms with Crippen molar-refractivity contribution in [1.29, 1.82) is 0 Å². The molecule has 0 amide bonds. The van der Waals surface area contributed by atoms with Gasteiger partial charge in [0.25, 0.3) is 0 Å². The largest absolute Gasteiger partial charge is 0.462 e. The quantitative estimate of drug-likeness (QED) is 0.0504. The number of carbonyl (C=O) groups excluding carboxylic acids is 1. The second-order valence-corrected chi connectivity index (χ2v) is 14.7. The summed E-state index contributed by atoms with van der Waals surface area (Å²) < 4.78 is 6.02. The normalized spacial score (nSPS) is 12.4. The summed E-state index contributed by atoms with van der Waals surface area (Å²) in [6, 6.07) is 0. The van der Waals surface area contributed by atoms with Gasteiger partial charge in [-0.3, -0.25) is 4.79 Å². The van der Waals surface area contributed by atoms with Crippen LogP contribution < -0.4 is 0 Å². The Labute approximate surface area is 294 Å². The van der Waals surface area contributed by atoms with Crippen molar-refractivity contribution < 1.29 is 19.7 Å². The minimum absolute atomic E-state index is 0.0125. The molecule has 0 spiro atoms. The van der Waals surface area contributed by atoms with Crippen molar-refractivity contribution in [3.05, 3.63) is 0 Å². The van der Waals surface area contributed by atoms with E-state index in [9.17, 15) is 15.0 Å². The highest BCUT2D eigenvalue weighted by atomic mass is 16.5. The minimum atomic E-state index is -0.264. The highest BCUT2D eigenvalue weighted by Gasteiger charge is 2.15. The van der Waals surface area contributed by atoms with Gasteiger partial charge in [-0.15, -0.1) is 0 Å². The summed E-state index contributed by atoms with van der Waals surface area (Å²) in [5.74, 6) is 0.0125. The van der Waals surface area contributed by atoms with E-state index in [1.165, 1.54) is 135 Å². The van der Waals surface area contributed by atoms with Gasteiger partial charge in [-0.05, 0) is 57.9 Å². The molecule has 0 rings (SSSR count). The Hall–Kier alpha value is -0.650. The Bertz CT molecular complexity index is 599. The molecule has 0 bridgehead atoms. The van der Waals surface area contributed by atoms with E-state index in [0.717, 1.165) is 83.8 Å². The Balaban J connectivity index is 4.13. The zero-order valence-electron chi connectivity index (χ0n) is 32.3. The maximum Gasteiger partial charge on any atom is 0.306 e. The summed E-state index contributed by atoms with van der Waals surface area (Å²) in [6.07, 6.45) is 38.2. The van der Waals surface area contributed by atoms with Crippen LogP contribution in [0.5, 0.6) is 0 Å². The number of hydrogen-bond acceptors (Lipinski definition) is 5. The van der Waals surface area contributed by atoms with Gasteiger partial charge in [0.2, 0.25) is 0 Å². The molecule has 1 unspecified atom stereocenters. The predicted octanol–water partition coefficient (Wildman–Crippen LogP) is 12.1. The summed E-state index contributed by atoms with van der Waals surface area (Å²) in [7, 11) is 0. The molecule has 0 aromatic carbocycles. The van der Waals surface area contributed by atoms with E-state index in [-0.39, 0.29) is 24.8 Å². The molecule has 0 aliphatic rings. The van der Waals surface area contributed by atoms with Gasteiger partial charge < -0.3 is 19.8 Å². The lowest BCUT2D eigenvalue weighted by molar-refractivity contribution is -0.150. The highest BCUT2D eigenvalue weighted by Crippen LogP contribution is 2.19. The van der Waals surface area contributed by atoms with Crippen molar-refractivity contribution in [2.45, 2.75) is 238 Å². The van der Waals surface area contributed by atoms with Crippen molar-refractivity contribution >= 4 is 5.97 Å². The molecule has 0 aromatic heterocycles. The third kappa shape index (κ3) is 35.0. The standard InChI is InChI=1S/C42H85NO4/c1-4-7-10-13-16-17-18-19-21-26-32-40(45)39-43(37-31-38-44)36-30-25-20-24-29-35-42(46)47-41(33-27-22-14-11-8-5-2)34-28-23-15-12-9-6-3/h40-41,44-45H,4-39H2,1-3H3. The summed E-state index contributed by atoms with van der Waals surface area (Å²) in [6.45, 7) is 9.57. The van der Waals surface area contributed by atoms with Crippen LogP contribution in [-0.4, -0.2) is 59.5 Å². The fourth-order valence-electron chi connectivity index (χ4n) is 6.79. The second-order valence-electron chi connectivity index (χ2n) is 14.7. The van der Waals surface area contributed by atoms with Crippen LogP contribution in [0.3, 0.4) is 0 Å². The zero-order valence-corrected chi connectivity index (χ0v) is 32.3. The van der Waals surface area contributed by atoms with E-state index >= 15 is 0 Å². The van der Waals surface area contributed by atoms with Gasteiger partial charge in [-0.25, -0.2) is 0 Å². The first kappa shape index (κ1) is 46.4. The molecule has 0 aliphatic carbocycles. The van der Waals surface area contributed by atoms with Gasteiger partial charge >= 0.3 is 5.97 Å². The predicted molar refractivity (Wildman–Crippen MR) is 204 cm³/mol. The number of unbranched alkanes of at least 4 members (excludes halogenated alkanes) is 23. The Morgan fingerprint density at radius 1 is 0.511 bits per heavy atom. The average molecular weight is 668 g/mol. The van der Waals surface area contributed by atoms with Gasteiger partial charge in [0.15, 0.2) is 0 Å². The molecule has 0 saturated heterocycles. The molecule has 282 valence electrons. The van der Waals surface area contributed by atoms with Crippen LogP contribution in [0.2, 0.25) is 0 Å². The van der Waals surface area contributed by atoms with Crippen LogP contribution >= 0.6 is 0 Å². The first-order valence-electron chi connectivity index (χ1n) is 21.3. The molecule has 0 aromatic rings. The minimum Gasteiger partial charge on any atom is -0.462 e. The molecule has 0 radical (unpaired) electrons. The van der Waals surface area contributed by atoms with Crippen molar-refractivity contribution in [2.24, 2.45) is 0 Å². The highest BCUT2D eigenvalue weighted by molar-refractivity contribution is 5.69. The van der Waals surface area contributed by atoms with Crippen molar-refractivity contribution in [3.63, 3.8) is 0 Å². The van der Waals surface area contributed by atoms with Gasteiger partial charge in [0, 0.05) is 26.1 Å². The number of ether oxygens (including phenoxy) is 1. The third-order valence-electron chi connectivity index (χ3n) is 9.90. The number of carbonyl (C=O) groups is 1. The Kier molecular flexibility index (Phi) is 37.6. The van der Waals surface area contributed by atoms with Crippen LogP contribution in [-0.2, 0) is 9.53 Å². The van der Waals surface area contributed by atoms with E-state index in [1.807, 2.05) is 0 Å². The Morgan fingerprint density at radius 3 is 1.36 bits per heavy atom. The lowest BCUT2D eigenvalue weighted by Crippen LogP contribution is -2.34. The molecule has 0 aliphatic heterocycles. The van der Waals surface area contributed by atoms with Gasteiger partial charge in [0.05, 0.1) is 6.10 Å². The summed E-state index contributed by atoms with van der Waals surface area (Å²) in [4.78, 5) is 15.0. The molecule has 0 saturated carbocycles. The van der Waals surface area contributed by atoms with Gasteiger partial charge in [-0.2, -0.15) is 0 Å². The smallest absolute Gasteiger partial charge is 0.306 e. The zero-order chi connectivity index (χ0) is 34.5. The van der Waals surface area contributed by atoms with E-state index in [2.05, 4.69) is 25.7 Å². The van der Waals surface area contributed by atoms with E-state index in [1.54, 1.807) is 0 Å². The van der Waals surface area contributed by atoms with Crippen LogP contribution in [0.1, 0.15) is 226 Å². The fourth-order valence-corrected chi connectivity index (χ4v) is 6.79. The van der Waals surface area contributed by atoms with Gasteiger partial charge in [-0.1, -0.05) is 168 Å². The van der Waals surface area contributed by atoms with Gasteiger partial charge in [0.1, 0.15) is 6.10 Å². The number of esters is 1. The lowest BCUT2D eigenvalue weighted by Gasteiger charge is -2.25. The SMILES string of the molecule is CCCCCCCCCCCCC(O)CN(CCCO)CCCCCCCC(=O)OC(CCCCCCCC)CCCCCCCC. The van der Waals surface area contributed by atoms with Crippen LogP contribution in [0.25, 0.3) is 0 Å². The molecule has 47 heavy (non-hydrogen) atoms. The first-order valence-corrected chi connectivity index (χ1v) is 21.3. The van der Waals surface area contributed by atoms with E-state index < -0.39 is 0 Å². The van der Waals surface area contributed by atoms with Crippen LogP contribution in [0.15, 0.2) is 0 Å². The van der Waals surface area contributed by atoms with Crippen molar-refractivity contribution in [1.82, 2.24) is 4.90 Å². The average Bonchev–Trinajstić information content (AvgIpc) is 3.06. The fraction of sp³-hybridized carbons (Fsp3) is 0.976. The maximum atomic E-state index is 12.7. The first-order chi connectivity index (χ1) is 23.1. The number of nitrogens with zero attached hydrogens (tertiary/aromatic N) is 1. The number of aliphatic hydroxyl groups is 2. The topological polar surface area (TPSA) is 70.0 Å². The molecular weight excluding hydrogens is 582 g/mol. The number of aliphatic hydroxyl groups excluding tert-OH is 2. The molecule has 5 nitrogen and oxygen atoms in total. The van der Waals surface area contributed by atoms with Crippen LogP contribution in [0.4, 0.5) is 0 Å². The molecule has 0 heterocycles. The molecular formula is C42H85NO4. The molecule has 5 heteroatoms. The van der Waals surface area contributed by atoms with E-state index in [4.69, 9.17) is 4.74 Å².